The highest BCUT2D eigenvalue weighted by molar-refractivity contribution is 8.03. The topological polar surface area (TPSA) is 65.8 Å². The number of benzene rings is 2. The molecule has 2 aliphatic heterocycles. The standard InChI is InChI=1S/C22H20FN3O3S/c1-28-19-5-3-4-16(21(19)29-2)17-10-20(27)26-12-25(13-30-22(26)18(17)11-24)15-8-6-14(23)7-9-15/h3-9,17H,10,12-13H2,1-2H3/t17-/m0/s1. The van der Waals surface area contributed by atoms with E-state index in [1.165, 1.54) is 23.9 Å². The molecule has 0 spiro atoms. The summed E-state index contributed by atoms with van der Waals surface area (Å²) in [6.45, 7) is 0.319. The summed E-state index contributed by atoms with van der Waals surface area (Å²) in [7, 11) is 3.10. The molecule has 2 aliphatic rings. The van der Waals surface area contributed by atoms with E-state index in [-0.39, 0.29) is 18.1 Å². The molecule has 0 aliphatic carbocycles. The van der Waals surface area contributed by atoms with Crippen LogP contribution < -0.4 is 14.4 Å². The number of nitriles is 1. The quantitative estimate of drug-likeness (QED) is 0.736. The first-order valence-electron chi connectivity index (χ1n) is 9.36. The number of thioether (sulfide) groups is 1. The van der Waals surface area contributed by atoms with Crippen molar-refractivity contribution >= 4 is 23.4 Å². The molecule has 0 N–H and O–H groups in total. The molecule has 0 saturated carbocycles. The highest BCUT2D eigenvalue weighted by atomic mass is 32.2. The van der Waals surface area contributed by atoms with Crippen LogP contribution in [0.15, 0.2) is 53.1 Å². The van der Waals surface area contributed by atoms with Crippen LogP contribution in [-0.4, -0.2) is 37.6 Å². The Labute approximate surface area is 178 Å². The van der Waals surface area contributed by atoms with E-state index in [9.17, 15) is 14.4 Å². The normalized spacial score (nSPS) is 18.7. The SMILES string of the molecule is COc1cccc([C@@H]2CC(=O)N3CN(c4ccc(F)cc4)CSC3=C2C#N)c1OC. The summed E-state index contributed by atoms with van der Waals surface area (Å²) in [5, 5.41) is 10.6. The van der Waals surface area contributed by atoms with Gasteiger partial charge in [-0.3, -0.25) is 9.69 Å². The minimum Gasteiger partial charge on any atom is -0.493 e. The van der Waals surface area contributed by atoms with Crippen LogP contribution in [0.3, 0.4) is 0 Å². The number of hydrogen-bond donors (Lipinski definition) is 0. The van der Waals surface area contributed by atoms with Crippen molar-refractivity contribution in [2.45, 2.75) is 12.3 Å². The van der Waals surface area contributed by atoms with E-state index >= 15 is 0 Å². The molecule has 6 nitrogen and oxygen atoms in total. The summed E-state index contributed by atoms with van der Waals surface area (Å²) in [4.78, 5) is 16.7. The summed E-state index contributed by atoms with van der Waals surface area (Å²) < 4.78 is 24.2. The fourth-order valence-corrected chi connectivity index (χ4v) is 5.00. The second kappa shape index (κ2) is 8.28. The van der Waals surface area contributed by atoms with Gasteiger partial charge >= 0.3 is 0 Å². The first-order valence-corrected chi connectivity index (χ1v) is 10.3. The van der Waals surface area contributed by atoms with E-state index in [2.05, 4.69) is 6.07 Å². The first kappa shape index (κ1) is 20.1. The third-order valence-corrected chi connectivity index (χ3v) is 6.45. The van der Waals surface area contributed by atoms with Crippen LogP contribution in [0.1, 0.15) is 17.9 Å². The number of nitrogens with zero attached hydrogens (tertiary/aromatic N) is 3. The van der Waals surface area contributed by atoms with Crippen molar-refractivity contribution in [2.75, 3.05) is 31.7 Å². The van der Waals surface area contributed by atoms with Gasteiger partial charge in [0, 0.05) is 23.6 Å². The van der Waals surface area contributed by atoms with E-state index in [1.54, 1.807) is 37.3 Å². The second-order valence-corrected chi connectivity index (χ2v) is 7.86. The van der Waals surface area contributed by atoms with Gasteiger partial charge in [-0.15, -0.1) is 0 Å². The van der Waals surface area contributed by atoms with Crippen molar-refractivity contribution in [2.24, 2.45) is 0 Å². The molecule has 0 radical (unpaired) electrons. The van der Waals surface area contributed by atoms with Crippen molar-refractivity contribution in [3.63, 3.8) is 0 Å². The molecule has 30 heavy (non-hydrogen) atoms. The van der Waals surface area contributed by atoms with Crippen molar-refractivity contribution in [3.05, 3.63) is 64.4 Å². The molecule has 2 heterocycles. The first-order chi connectivity index (χ1) is 14.6. The van der Waals surface area contributed by atoms with E-state index in [1.807, 2.05) is 17.0 Å². The fourth-order valence-electron chi connectivity index (χ4n) is 3.83. The number of carbonyl (C=O) groups excluding carboxylic acids is 1. The Bertz CT molecular complexity index is 1050. The van der Waals surface area contributed by atoms with Gasteiger partial charge in [-0.25, -0.2) is 4.39 Å². The third kappa shape index (κ3) is 3.46. The number of carbonyl (C=O) groups is 1. The minimum atomic E-state index is -0.399. The lowest BCUT2D eigenvalue weighted by Gasteiger charge is -2.42. The van der Waals surface area contributed by atoms with Crippen LogP contribution >= 0.6 is 11.8 Å². The lowest BCUT2D eigenvalue weighted by atomic mass is 9.85. The van der Waals surface area contributed by atoms with Crippen LogP contribution in [0.4, 0.5) is 10.1 Å². The Morgan fingerprint density at radius 3 is 2.60 bits per heavy atom. The number of halogens is 1. The summed E-state index contributed by atoms with van der Waals surface area (Å²) in [6.07, 6.45) is 0.160. The van der Waals surface area contributed by atoms with Gasteiger partial charge in [0.15, 0.2) is 11.5 Å². The number of para-hydroxylation sites is 1. The highest BCUT2D eigenvalue weighted by Crippen LogP contribution is 2.47. The third-order valence-electron chi connectivity index (χ3n) is 5.29. The Kier molecular flexibility index (Phi) is 5.55. The number of fused-ring (bicyclic) bond motifs is 1. The molecule has 4 rings (SSSR count). The average molecular weight is 425 g/mol. The maximum Gasteiger partial charge on any atom is 0.229 e. The summed E-state index contributed by atoms with van der Waals surface area (Å²) >= 11 is 1.43. The zero-order chi connectivity index (χ0) is 21.3. The molecule has 0 unspecified atom stereocenters. The van der Waals surface area contributed by atoms with Crippen LogP contribution in [0.2, 0.25) is 0 Å². The maximum atomic E-state index is 13.3. The van der Waals surface area contributed by atoms with Gasteiger partial charge in [0.25, 0.3) is 0 Å². The summed E-state index contributed by atoms with van der Waals surface area (Å²) in [5.41, 5.74) is 2.13. The monoisotopic (exact) mass is 425 g/mol. The van der Waals surface area contributed by atoms with Gasteiger partial charge in [0.2, 0.25) is 5.91 Å². The highest BCUT2D eigenvalue weighted by Gasteiger charge is 2.39. The molecular formula is C22H20FN3O3S. The van der Waals surface area contributed by atoms with Crippen molar-refractivity contribution < 1.29 is 18.7 Å². The molecule has 0 bridgehead atoms. The zero-order valence-electron chi connectivity index (χ0n) is 16.6. The maximum absolute atomic E-state index is 13.3. The molecule has 1 saturated heterocycles. The van der Waals surface area contributed by atoms with Crippen molar-refractivity contribution in [1.29, 1.82) is 5.26 Å². The minimum absolute atomic E-state index is 0.0711. The number of methoxy groups -OCH3 is 2. The number of ether oxygens (including phenoxy) is 2. The van der Waals surface area contributed by atoms with Crippen LogP contribution in [0.5, 0.6) is 11.5 Å². The molecule has 0 aromatic heterocycles. The Morgan fingerprint density at radius 1 is 1.17 bits per heavy atom. The number of rotatable bonds is 4. The number of hydrogen-bond acceptors (Lipinski definition) is 6. The van der Waals surface area contributed by atoms with Gasteiger partial charge in [0.05, 0.1) is 43.4 Å². The molecular weight excluding hydrogens is 405 g/mol. The predicted octanol–water partition coefficient (Wildman–Crippen LogP) is 4.06. The molecule has 1 fully saturated rings. The second-order valence-electron chi connectivity index (χ2n) is 6.92. The largest absolute Gasteiger partial charge is 0.493 e. The lowest BCUT2D eigenvalue weighted by Crippen LogP contribution is -2.47. The van der Waals surface area contributed by atoms with Crippen molar-refractivity contribution in [1.82, 2.24) is 4.90 Å². The predicted molar refractivity (Wildman–Crippen MR) is 113 cm³/mol. The Hall–Kier alpha value is -3.18. The summed E-state index contributed by atoms with van der Waals surface area (Å²) in [6, 6.07) is 14.0. The van der Waals surface area contributed by atoms with Gasteiger partial charge < -0.3 is 14.4 Å². The number of allylic oxidation sites excluding steroid dienone is 1. The molecule has 154 valence electrons. The van der Waals surface area contributed by atoms with Gasteiger partial charge in [-0.05, 0) is 30.3 Å². The van der Waals surface area contributed by atoms with E-state index in [4.69, 9.17) is 9.47 Å². The Morgan fingerprint density at radius 2 is 1.93 bits per heavy atom. The van der Waals surface area contributed by atoms with Gasteiger partial charge in [-0.1, -0.05) is 23.9 Å². The molecule has 8 heteroatoms. The smallest absolute Gasteiger partial charge is 0.229 e. The van der Waals surface area contributed by atoms with E-state index < -0.39 is 5.92 Å². The van der Waals surface area contributed by atoms with Crippen LogP contribution in [-0.2, 0) is 4.79 Å². The average Bonchev–Trinajstić information content (AvgIpc) is 2.78. The van der Waals surface area contributed by atoms with Crippen molar-refractivity contribution in [3.8, 4) is 17.6 Å². The molecule has 1 amide bonds. The van der Waals surface area contributed by atoms with Gasteiger partial charge in [0.1, 0.15) is 5.82 Å². The fraction of sp³-hybridized carbons (Fsp3) is 0.273. The zero-order valence-corrected chi connectivity index (χ0v) is 17.4. The van der Waals surface area contributed by atoms with E-state index in [0.29, 0.717) is 34.6 Å². The van der Waals surface area contributed by atoms with Gasteiger partial charge in [-0.2, -0.15) is 5.26 Å². The lowest BCUT2D eigenvalue weighted by molar-refractivity contribution is -0.129. The number of anilines is 1. The molecule has 2 aromatic rings. The summed E-state index contributed by atoms with van der Waals surface area (Å²) in [5.74, 6) is 0.874. The molecule has 2 aromatic carbocycles. The van der Waals surface area contributed by atoms with Crippen LogP contribution in [0.25, 0.3) is 0 Å². The number of amides is 1. The van der Waals surface area contributed by atoms with Crippen LogP contribution in [0, 0.1) is 17.1 Å². The van der Waals surface area contributed by atoms with E-state index in [0.717, 1.165) is 11.3 Å². The molecule has 1 atom stereocenters. The Balaban J connectivity index is 1.70.